The fourth-order valence-corrected chi connectivity index (χ4v) is 1.95. The maximum Gasteiger partial charge on any atom is 0.353 e. The fourth-order valence-electron chi connectivity index (χ4n) is 1.95. The molecular formula is C14H16N2O5. The van der Waals surface area contributed by atoms with Crippen LogP contribution in [0.15, 0.2) is 29.4 Å². The van der Waals surface area contributed by atoms with E-state index in [-0.39, 0.29) is 18.7 Å². The summed E-state index contributed by atoms with van der Waals surface area (Å²) in [5.74, 6) is -1.62. The fraction of sp³-hybridized carbons (Fsp3) is 0.357. The number of aliphatic carboxylic acids is 1. The number of aliphatic hydroxyl groups excluding tert-OH is 1. The highest BCUT2D eigenvalue weighted by Gasteiger charge is 2.31. The summed E-state index contributed by atoms with van der Waals surface area (Å²) in [6.45, 7) is 0.113. The molecule has 1 atom stereocenters. The van der Waals surface area contributed by atoms with Crippen LogP contribution in [-0.4, -0.2) is 40.5 Å². The average Bonchev–Trinajstić information content (AvgIpc) is 2.95. The number of carboxylic acid groups (broad SMARTS) is 1. The molecule has 0 aliphatic carbocycles. The van der Waals surface area contributed by atoms with Crippen molar-refractivity contribution in [2.75, 3.05) is 11.9 Å². The van der Waals surface area contributed by atoms with Crippen LogP contribution >= 0.6 is 0 Å². The van der Waals surface area contributed by atoms with Gasteiger partial charge < -0.3 is 20.4 Å². The summed E-state index contributed by atoms with van der Waals surface area (Å²) in [6.07, 6.45) is 0.397. The molecule has 2 rings (SSSR count). The summed E-state index contributed by atoms with van der Waals surface area (Å²) in [5.41, 5.74) is 1.44. The number of amides is 1. The summed E-state index contributed by atoms with van der Waals surface area (Å²) in [7, 11) is 0. The van der Waals surface area contributed by atoms with Crippen LogP contribution in [0.1, 0.15) is 18.4 Å². The van der Waals surface area contributed by atoms with Crippen molar-refractivity contribution in [2.45, 2.75) is 25.4 Å². The first-order valence-electron chi connectivity index (χ1n) is 6.57. The largest absolute Gasteiger partial charge is 0.477 e. The lowest BCUT2D eigenvalue weighted by Gasteiger charge is -2.10. The minimum Gasteiger partial charge on any atom is -0.477 e. The van der Waals surface area contributed by atoms with E-state index < -0.39 is 18.0 Å². The summed E-state index contributed by atoms with van der Waals surface area (Å²) >= 11 is 0. The molecule has 7 heteroatoms. The highest BCUT2D eigenvalue weighted by molar-refractivity contribution is 6.36. The van der Waals surface area contributed by atoms with Crippen LogP contribution in [0.3, 0.4) is 0 Å². The van der Waals surface area contributed by atoms with Crippen molar-refractivity contribution in [3.8, 4) is 0 Å². The number of oxime groups is 1. The van der Waals surface area contributed by atoms with Gasteiger partial charge in [-0.15, -0.1) is 0 Å². The number of carbonyl (C=O) groups is 2. The topological polar surface area (TPSA) is 108 Å². The van der Waals surface area contributed by atoms with Crippen molar-refractivity contribution in [1.29, 1.82) is 0 Å². The zero-order valence-corrected chi connectivity index (χ0v) is 11.3. The molecule has 1 unspecified atom stereocenters. The van der Waals surface area contributed by atoms with Gasteiger partial charge in [0.1, 0.15) is 0 Å². The van der Waals surface area contributed by atoms with E-state index in [1.54, 1.807) is 12.1 Å². The SMILES string of the molecule is O=C(O)C1=NOC(C(=O)Nc2cccc(CCCO)c2)C1. The number of aliphatic hydroxyl groups is 1. The molecule has 1 aromatic carbocycles. The van der Waals surface area contributed by atoms with E-state index in [1.807, 2.05) is 12.1 Å². The second-order valence-corrected chi connectivity index (χ2v) is 4.66. The molecule has 0 radical (unpaired) electrons. The Morgan fingerprint density at radius 3 is 2.90 bits per heavy atom. The van der Waals surface area contributed by atoms with E-state index in [0.29, 0.717) is 18.5 Å². The average molecular weight is 292 g/mol. The minimum absolute atomic E-state index is 0.0502. The molecule has 3 N–H and O–H groups in total. The van der Waals surface area contributed by atoms with Crippen molar-refractivity contribution in [3.05, 3.63) is 29.8 Å². The Kier molecular flexibility index (Phi) is 4.89. The number of carbonyl (C=O) groups excluding carboxylic acids is 1. The van der Waals surface area contributed by atoms with E-state index in [1.165, 1.54) is 0 Å². The summed E-state index contributed by atoms with van der Waals surface area (Å²) in [4.78, 5) is 27.5. The van der Waals surface area contributed by atoms with Crippen LogP contribution < -0.4 is 5.32 Å². The van der Waals surface area contributed by atoms with Crippen molar-refractivity contribution < 1.29 is 24.6 Å². The van der Waals surface area contributed by atoms with E-state index in [4.69, 9.17) is 15.1 Å². The number of nitrogens with one attached hydrogen (secondary N) is 1. The van der Waals surface area contributed by atoms with E-state index >= 15 is 0 Å². The predicted octanol–water partition coefficient (Wildman–Crippen LogP) is 0.779. The van der Waals surface area contributed by atoms with Crippen LogP contribution in [0.4, 0.5) is 5.69 Å². The third-order valence-corrected chi connectivity index (χ3v) is 3.03. The Labute approximate surface area is 121 Å². The van der Waals surface area contributed by atoms with Crippen LogP contribution in [0, 0.1) is 0 Å². The standard InChI is InChI=1S/C14H16N2O5/c17-6-2-4-9-3-1-5-10(7-9)15-13(18)12-8-11(14(19)20)16-21-12/h1,3,5,7,12,17H,2,4,6,8H2,(H,15,18)(H,19,20). The van der Waals surface area contributed by atoms with Crippen molar-refractivity contribution in [2.24, 2.45) is 5.16 Å². The molecule has 112 valence electrons. The van der Waals surface area contributed by atoms with E-state index in [9.17, 15) is 9.59 Å². The highest BCUT2D eigenvalue weighted by atomic mass is 16.6. The summed E-state index contributed by atoms with van der Waals surface area (Å²) in [5, 5.41) is 23.6. The van der Waals surface area contributed by atoms with E-state index in [0.717, 1.165) is 5.56 Å². The van der Waals surface area contributed by atoms with Gasteiger partial charge in [0.25, 0.3) is 5.91 Å². The van der Waals surface area contributed by atoms with Crippen LogP contribution in [0.5, 0.6) is 0 Å². The minimum atomic E-state index is -1.18. The highest BCUT2D eigenvalue weighted by Crippen LogP contribution is 2.16. The molecule has 0 saturated carbocycles. The van der Waals surface area contributed by atoms with Crippen LogP contribution in [-0.2, 0) is 20.8 Å². The van der Waals surface area contributed by atoms with Crippen molar-refractivity contribution >= 4 is 23.3 Å². The quantitative estimate of drug-likeness (QED) is 0.718. The first-order chi connectivity index (χ1) is 10.1. The predicted molar refractivity (Wildman–Crippen MR) is 75.0 cm³/mol. The molecule has 1 aliphatic heterocycles. The van der Waals surface area contributed by atoms with Gasteiger partial charge in [0, 0.05) is 18.7 Å². The van der Waals surface area contributed by atoms with Gasteiger partial charge >= 0.3 is 5.97 Å². The van der Waals surface area contributed by atoms with Gasteiger partial charge in [-0.05, 0) is 30.5 Å². The van der Waals surface area contributed by atoms with Gasteiger partial charge in [0.2, 0.25) is 6.10 Å². The molecule has 21 heavy (non-hydrogen) atoms. The second-order valence-electron chi connectivity index (χ2n) is 4.66. The Hall–Kier alpha value is -2.41. The Morgan fingerprint density at radius 1 is 1.43 bits per heavy atom. The van der Waals surface area contributed by atoms with Gasteiger partial charge in [-0.1, -0.05) is 17.3 Å². The molecular weight excluding hydrogens is 276 g/mol. The second kappa shape index (κ2) is 6.85. The monoisotopic (exact) mass is 292 g/mol. The lowest BCUT2D eigenvalue weighted by molar-refractivity contribution is -0.129. The number of carboxylic acids is 1. The van der Waals surface area contributed by atoms with Crippen LogP contribution in [0.25, 0.3) is 0 Å². The maximum atomic E-state index is 12.0. The van der Waals surface area contributed by atoms with E-state index in [2.05, 4.69) is 10.5 Å². The normalized spacial score (nSPS) is 17.0. The zero-order valence-electron chi connectivity index (χ0n) is 11.3. The Bertz CT molecular complexity index is 570. The molecule has 0 aromatic heterocycles. The number of hydrogen-bond acceptors (Lipinski definition) is 5. The number of aryl methyl sites for hydroxylation is 1. The van der Waals surface area contributed by atoms with Gasteiger partial charge in [0.15, 0.2) is 5.71 Å². The van der Waals surface area contributed by atoms with Crippen molar-refractivity contribution in [1.82, 2.24) is 0 Å². The Morgan fingerprint density at radius 2 is 2.24 bits per heavy atom. The van der Waals surface area contributed by atoms with Gasteiger partial charge in [-0.25, -0.2) is 4.79 Å². The number of rotatable bonds is 6. The Balaban J connectivity index is 1.93. The first-order valence-corrected chi connectivity index (χ1v) is 6.57. The molecule has 1 aliphatic rings. The lowest BCUT2D eigenvalue weighted by Crippen LogP contribution is -2.28. The number of anilines is 1. The van der Waals surface area contributed by atoms with Gasteiger partial charge in [0.05, 0.1) is 0 Å². The summed E-state index contributed by atoms with van der Waals surface area (Å²) in [6, 6.07) is 7.25. The number of benzene rings is 1. The third kappa shape index (κ3) is 4.03. The molecule has 7 nitrogen and oxygen atoms in total. The van der Waals surface area contributed by atoms with Gasteiger partial charge in [-0.3, -0.25) is 4.79 Å². The maximum absolute atomic E-state index is 12.0. The van der Waals surface area contributed by atoms with Gasteiger partial charge in [-0.2, -0.15) is 0 Å². The molecule has 1 amide bonds. The molecule has 1 heterocycles. The van der Waals surface area contributed by atoms with Crippen LogP contribution in [0.2, 0.25) is 0 Å². The molecule has 0 saturated heterocycles. The number of hydrogen-bond donors (Lipinski definition) is 3. The third-order valence-electron chi connectivity index (χ3n) is 3.03. The summed E-state index contributed by atoms with van der Waals surface area (Å²) < 4.78 is 0. The lowest BCUT2D eigenvalue weighted by atomic mass is 10.1. The number of nitrogens with zero attached hydrogens (tertiary/aromatic N) is 1. The zero-order chi connectivity index (χ0) is 15.2. The smallest absolute Gasteiger partial charge is 0.353 e. The molecule has 0 spiro atoms. The molecule has 0 fully saturated rings. The molecule has 1 aromatic rings. The first kappa shape index (κ1) is 15.0. The molecule has 0 bridgehead atoms. The van der Waals surface area contributed by atoms with Crippen molar-refractivity contribution in [3.63, 3.8) is 0 Å².